The van der Waals surface area contributed by atoms with Crippen LogP contribution in [0, 0.1) is 0 Å². The van der Waals surface area contributed by atoms with Crippen molar-refractivity contribution in [3.8, 4) is 0 Å². The Morgan fingerprint density at radius 3 is 1.15 bits per heavy atom. The van der Waals surface area contributed by atoms with Gasteiger partial charge in [0.05, 0.1) is 13.1 Å². The Hall–Kier alpha value is -2.07. The fourth-order valence-corrected chi connectivity index (χ4v) is 8.25. The summed E-state index contributed by atoms with van der Waals surface area (Å²) in [6, 6.07) is 0. The maximum Gasteiger partial charge on any atom is 0.241 e. The van der Waals surface area contributed by atoms with Crippen LogP contribution in [0.15, 0.2) is 5.10 Å². The topological polar surface area (TPSA) is 141 Å². The maximum absolute atomic E-state index is 13.3. The molecule has 0 spiro atoms. The molecule has 0 aliphatic carbocycles. The van der Waals surface area contributed by atoms with E-state index in [1.807, 2.05) is 9.91 Å². The van der Waals surface area contributed by atoms with Crippen LogP contribution >= 0.6 is 0 Å². The van der Waals surface area contributed by atoms with Crippen molar-refractivity contribution < 1.29 is 9.59 Å². The van der Waals surface area contributed by atoms with Crippen molar-refractivity contribution in [2.75, 3.05) is 58.9 Å². The third kappa shape index (κ3) is 45.8. The molecule has 10 heteroatoms. The van der Waals surface area contributed by atoms with E-state index in [-0.39, 0.29) is 30.9 Å². The molecule has 7 N–H and O–H groups in total. The fraction of sp³-hybridized carbons (Fsp3) is 0.941. The molecule has 0 aliphatic heterocycles. The predicted molar refractivity (Wildman–Crippen MR) is 266 cm³/mol. The van der Waals surface area contributed by atoms with Crippen molar-refractivity contribution in [3.05, 3.63) is 0 Å². The second-order valence-electron chi connectivity index (χ2n) is 18.2. The minimum absolute atomic E-state index is 0.0654. The lowest BCUT2D eigenvalue weighted by Crippen LogP contribution is -2.43. The van der Waals surface area contributed by atoms with Crippen LogP contribution in [-0.4, -0.2) is 86.6 Å². The summed E-state index contributed by atoms with van der Waals surface area (Å²) in [5.74, 6) is 0.0712. The van der Waals surface area contributed by atoms with E-state index in [9.17, 15) is 9.59 Å². The largest absolute Gasteiger partial charge is 0.369 e. The van der Waals surface area contributed by atoms with Gasteiger partial charge in [-0.3, -0.25) is 14.6 Å². The lowest BCUT2D eigenvalue weighted by atomic mass is 10.0. The van der Waals surface area contributed by atoms with Crippen LogP contribution in [-0.2, 0) is 9.59 Å². The maximum atomic E-state index is 13.3. The summed E-state index contributed by atoms with van der Waals surface area (Å²) < 4.78 is 0. The molecule has 0 fully saturated rings. The van der Waals surface area contributed by atoms with E-state index < -0.39 is 0 Å². The van der Waals surface area contributed by atoms with Crippen molar-refractivity contribution in [2.24, 2.45) is 16.6 Å². The number of rotatable bonds is 50. The molecule has 0 radical (unpaired) electrons. The second-order valence-corrected chi connectivity index (χ2v) is 18.2. The molecule has 0 aromatic rings. The molecule has 61 heavy (non-hydrogen) atoms. The summed E-state index contributed by atoms with van der Waals surface area (Å²) in [6.07, 6.45) is 47.2. The highest BCUT2D eigenvalue weighted by atomic mass is 16.2. The number of guanidine groups is 1. The Morgan fingerprint density at radius 1 is 0.393 bits per heavy atom. The van der Waals surface area contributed by atoms with Gasteiger partial charge in [-0.05, 0) is 58.2 Å². The minimum Gasteiger partial charge on any atom is -0.369 e. The molecule has 362 valence electrons. The lowest BCUT2D eigenvalue weighted by Gasteiger charge is -2.23. The van der Waals surface area contributed by atoms with Gasteiger partial charge in [0.15, 0.2) is 0 Å². The molecule has 0 unspecified atom stereocenters. The summed E-state index contributed by atoms with van der Waals surface area (Å²) in [5, 5.41) is 15.7. The molecule has 0 aromatic heterocycles. The van der Waals surface area contributed by atoms with Crippen LogP contribution in [0.25, 0.3) is 0 Å². The van der Waals surface area contributed by atoms with E-state index >= 15 is 0 Å². The number of carbonyl (C=O) groups is 2. The predicted octanol–water partition coefficient (Wildman–Crippen LogP) is 11.7. The average molecular weight is 863 g/mol. The van der Waals surface area contributed by atoms with Gasteiger partial charge in [-0.15, -0.1) is 5.10 Å². The second kappa shape index (κ2) is 49.0. The average Bonchev–Trinajstić information content (AvgIpc) is 3.24. The van der Waals surface area contributed by atoms with E-state index in [0.29, 0.717) is 0 Å². The lowest BCUT2D eigenvalue weighted by molar-refractivity contribution is -0.132. The monoisotopic (exact) mass is 863 g/mol. The van der Waals surface area contributed by atoms with Gasteiger partial charge >= 0.3 is 0 Å². The number of hydrogen-bond donors (Lipinski definition) is 5. The Labute approximate surface area is 379 Å². The first kappa shape index (κ1) is 58.9. The van der Waals surface area contributed by atoms with Crippen molar-refractivity contribution in [1.82, 2.24) is 25.9 Å². The van der Waals surface area contributed by atoms with Crippen molar-refractivity contribution in [2.45, 2.75) is 252 Å². The first-order valence-electron chi connectivity index (χ1n) is 26.7. The van der Waals surface area contributed by atoms with E-state index in [1.54, 1.807) is 0 Å². The summed E-state index contributed by atoms with van der Waals surface area (Å²) >= 11 is 0. The summed E-state index contributed by atoms with van der Waals surface area (Å²) in [4.78, 5) is 28.0. The molecule has 0 aromatic carbocycles. The van der Waals surface area contributed by atoms with Crippen LogP contribution < -0.4 is 27.4 Å². The van der Waals surface area contributed by atoms with E-state index in [0.717, 1.165) is 84.3 Å². The van der Waals surface area contributed by atoms with Crippen LogP contribution in [0.3, 0.4) is 0 Å². The molecule has 10 nitrogen and oxygen atoms in total. The Kier molecular flexibility index (Phi) is 47.3. The van der Waals surface area contributed by atoms with Crippen LogP contribution in [0.4, 0.5) is 0 Å². The van der Waals surface area contributed by atoms with Gasteiger partial charge in [0.2, 0.25) is 17.8 Å². The zero-order valence-electron chi connectivity index (χ0n) is 41.1. The normalized spacial score (nSPS) is 11.3. The molecule has 0 rings (SSSR count). The van der Waals surface area contributed by atoms with Gasteiger partial charge in [-0.25, -0.2) is 0 Å². The summed E-state index contributed by atoms with van der Waals surface area (Å²) in [6.45, 7) is 13.0. The highest BCUT2D eigenvalue weighted by molar-refractivity contribution is 5.85. The highest BCUT2D eigenvalue weighted by Gasteiger charge is 2.14. The molecule has 0 saturated carbocycles. The smallest absolute Gasteiger partial charge is 0.241 e. The zero-order chi connectivity index (χ0) is 44.5. The number of amides is 2. The number of nitrogens with one attached hydrogen (secondary N) is 3. The molecule has 0 bridgehead atoms. The van der Waals surface area contributed by atoms with Gasteiger partial charge in [-0.2, -0.15) is 0 Å². The first-order valence-corrected chi connectivity index (χ1v) is 26.7. The highest BCUT2D eigenvalue weighted by Crippen LogP contribution is 2.16. The quantitative estimate of drug-likeness (QED) is 0.0177. The minimum atomic E-state index is -0.108. The van der Waals surface area contributed by atoms with E-state index in [1.165, 1.54) is 193 Å². The molecule has 0 aliphatic rings. The number of unbranched alkanes of at least 4 members (excludes halogenated alkanes) is 31. The fourth-order valence-electron chi connectivity index (χ4n) is 8.25. The summed E-state index contributed by atoms with van der Waals surface area (Å²) in [5.41, 5.74) is 11.1. The molecular formula is C51H106N8O2. The van der Waals surface area contributed by atoms with Gasteiger partial charge in [0, 0.05) is 26.2 Å². The zero-order valence-corrected chi connectivity index (χ0v) is 41.1. The third-order valence-corrected chi connectivity index (χ3v) is 12.1. The standard InChI is InChI=1S/C51H106N8O2/c1-4-7-9-11-13-15-17-19-21-23-25-27-29-31-33-36-44-58(45-37-34-32-30-28-26-24-22-20-18-16-14-12-10-8-5-2)50(61)48-56-49(60)47-55-42-39-41-54-40-35-38-46-59(43-6-3)57-51(52)53/h54-55H,4-48H2,1-3H3,(H,56,60)(H4,52,53,57). The van der Waals surface area contributed by atoms with Crippen molar-refractivity contribution in [1.29, 1.82) is 0 Å². The van der Waals surface area contributed by atoms with E-state index in [4.69, 9.17) is 11.5 Å². The van der Waals surface area contributed by atoms with Crippen LogP contribution in [0.2, 0.25) is 0 Å². The first-order chi connectivity index (χ1) is 29.9. The van der Waals surface area contributed by atoms with Gasteiger partial charge in [-0.1, -0.05) is 213 Å². The third-order valence-electron chi connectivity index (χ3n) is 12.1. The Balaban J connectivity index is 4.28. The number of hydrazone groups is 1. The summed E-state index contributed by atoms with van der Waals surface area (Å²) in [7, 11) is 0. The number of carbonyl (C=O) groups excluding carboxylic acids is 2. The Morgan fingerprint density at radius 2 is 0.754 bits per heavy atom. The van der Waals surface area contributed by atoms with Crippen LogP contribution in [0.5, 0.6) is 0 Å². The van der Waals surface area contributed by atoms with Crippen molar-refractivity contribution >= 4 is 17.8 Å². The molecular weight excluding hydrogens is 757 g/mol. The SMILES string of the molecule is CCCCCCCCCCCCCCCCCCN(CCCCCCCCCCCCCCCCCC)C(=O)CNC(=O)CNCCCNCCCCN(CCC)N=C(N)N. The number of hydrogen-bond acceptors (Lipinski definition) is 6. The number of nitrogens with zero attached hydrogens (tertiary/aromatic N) is 3. The van der Waals surface area contributed by atoms with Gasteiger partial charge in [0.25, 0.3) is 0 Å². The van der Waals surface area contributed by atoms with Crippen molar-refractivity contribution in [3.63, 3.8) is 0 Å². The molecule has 0 heterocycles. The van der Waals surface area contributed by atoms with E-state index in [2.05, 4.69) is 41.8 Å². The van der Waals surface area contributed by atoms with Gasteiger partial charge in [0.1, 0.15) is 0 Å². The molecule has 0 atom stereocenters. The van der Waals surface area contributed by atoms with Crippen LogP contribution in [0.1, 0.15) is 252 Å². The van der Waals surface area contributed by atoms with Gasteiger partial charge < -0.3 is 32.3 Å². The molecule has 2 amide bonds. The molecule has 0 saturated heterocycles. The Bertz CT molecular complexity index is 911. The number of nitrogens with two attached hydrogens (primary N) is 2.